The van der Waals surface area contributed by atoms with Gasteiger partial charge in [-0.25, -0.2) is 4.79 Å². The van der Waals surface area contributed by atoms with Crippen LogP contribution >= 0.6 is 0 Å². The first-order valence-corrected chi connectivity index (χ1v) is 9.97. The number of furan rings is 1. The van der Waals surface area contributed by atoms with E-state index in [1.807, 2.05) is 0 Å². The van der Waals surface area contributed by atoms with Crippen molar-refractivity contribution in [2.75, 3.05) is 18.5 Å². The molecule has 2 N–H and O–H groups in total. The van der Waals surface area contributed by atoms with Crippen LogP contribution in [0.25, 0.3) is 0 Å². The van der Waals surface area contributed by atoms with Gasteiger partial charge in [-0.1, -0.05) is 6.07 Å². The van der Waals surface area contributed by atoms with Gasteiger partial charge in [-0.15, -0.1) is 0 Å². The molecule has 0 spiro atoms. The third kappa shape index (κ3) is 6.69. The molecule has 1 aromatic carbocycles. The fourth-order valence-electron chi connectivity index (χ4n) is 2.84. The third-order valence-electron chi connectivity index (χ3n) is 4.30. The molecule has 32 heavy (non-hydrogen) atoms. The summed E-state index contributed by atoms with van der Waals surface area (Å²) in [4.78, 5) is 40.7. The molecule has 2 amide bonds. The summed E-state index contributed by atoms with van der Waals surface area (Å²) in [6, 6.07) is 12.4. The fourth-order valence-corrected chi connectivity index (χ4v) is 2.84. The zero-order valence-electron chi connectivity index (χ0n) is 17.4. The van der Waals surface area contributed by atoms with Crippen molar-refractivity contribution in [3.05, 3.63) is 78.5 Å². The SMILES string of the molecule is CCOC(=O)C(Cc1ccncc1)NC(=O)COc1cccc(NC(=O)c2ccco2)c1. The Balaban J connectivity index is 1.56. The monoisotopic (exact) mass is 437 g/mol. The lowest BCUT2D eigenvalue weighted by Gasteiger charge is -2.17. The number of carbonyl (C=O) groups excluding carboxylic acids is 3. The van der Waals surface area contributed by atoms with Crippen molar-refractivity contribution in [3.63, 3.8) is 0 Å². The predicted octanol–water partition coefficient (Wildman–Crippen LogP) is 2.60. The van der Waals surface area contributed by atoms with Crippen LogP contribution in [0.3, 0.4) is 0 Å². The molecule has 0 aliphatic heterocycles. The average molecular weight is 437 g/mol. The van der Waals surface area contributed by atoms with Crippen LogP contribution < -0.4 is 15.4 Å². The summed E-state index contributed by atoms with van der Waals surface area (Å²) in [7, 11) is 0. The summed E-state index contributed by atoms with van der Waals surface area (Å²) in [6.45, 7) is 1.58. The molecule has 0 aliphatic carbocycles. The van der Waals surface area contributed by atoms with Gasteiger partial charge in [0.25, 0.3) is 11.8 Å². The van der Waals surface area contributed by atoms with Crippen LogP contribution in [-0.4, -0.2) is 42.0 Å². The number of aromatic nitrogens is 1. The summed E-state index contributed by atoms with van der Waals surface area (Å²) >= 11 is 0. The highest BCUT2D eigenvalue weighted by Gasteiger charge is 2.22. The molecule has 1 atom stereocenters. The summed E-state index contributed by atoms with van der Waals surface area (Å²) in [6.07, 6.45) is 4.90. The van der Waals surface area contributed by atoms with Gasteiger partial charge < -0.3 is 24.5 Å². The molecule has 0 bridgehead atoms. The van der Waals surface area contributed by atoms with E-state index in [0.717, 1.165) is 5.56 Å². The molecule has 3 rings (SSSR count). The number of nitrogens with one attached hydrogen (secondary N) is 2. The molecular weight excluding hydrogens is 414 g/mol. The van der Waals surface area contributed by atoms with Gasteiger partial charge in [0.2, 0.25) is 0 Å². The van der Waals surface area contributed by atoms with E-state index >= 15 is 0 Å². The van der Waals surface area contributed by atoms with Crippen LogP contribution in [-0.2, 0) is 20.7 Å². The highest BCUT2D eigenvalue weighted by atomic mass is 16.5. The molecule has 0 saturated heterocycles. The topological polar surface area (TPSA) is 120 Å². The minimum atomic E-state index is -0.854. The molecule has 2 heterocycles. The highest BCUT2D eigenvalue weighted by molar-refractivity contribution is 6.02. The maximum absolute atomic E-state index is 12.4. The average Bonchev–Trinajstić information content (AvgIpc) is 3.34. The van der Waals surface area contributed by atoms with Crippen molar-refractivity contribution in [1.29, 1.82) is 0 Å². The number of carbonyl (C=O) groups is 3. The first-order valence-electron chi connectivity index (χ1n) is 9.97. The number of hydrogen-bond acceptors (Lipinski definition) is 7. The molecule has 3 aromatic rings. The molecule has 9 heteroatoms. The van der Waals surface area contributed by atoms with Gasteiger partial charge in [0, 0.05) is 30.6 Å². The van der Waals surface area contributed by atoms with Crippen molar-refractivity contribution in [1.82, 2.24) is 10.3 Å². The van der Waals surface area contributed by atoms with Gasteiger partial charge in [-0.2, -0.15) is 0 Å². The quantitative estimate of drug-likeness (QED) is 0.468. The van der Waals surface area contributed by atoms with E-state index in [9.17, 15) is 14.4 Å². The number of esters is 1. The Kier molecular flexibility index (Phi) is 7.96. The highest BCUT2D eigenvalue weighted by Crippen LogP contribution is 2.18. The molecular formula is C23H23N3O6. The smallest absolute Gasteiger partial charge is 0.328 e. The van der Waals surface area contributed by atoms with Gasteiger partial charge in [0.1, 0.15) is 11.8 Å². The second-order valence-corrected chi connectivity index (χ2v) is 6.68. The number of rotatable bonds is 10. The summed E-state index contributed by atoms with van der Waals surface area (Å²) in [5, 5.41) is 5.33. The zero-order valence-corrected chi connectivity index (χ0v) is 17.4. The molecule has 1 unspecified atom stereocenters. The molecule has 2 aromatic heterocycles. The summed E-state index contributed by atoms with van der Waals surface area (Å²) < 4.78 is 15.6. The van der Waals surface area contributed by atoms with E-state index in [1.165, 1.54) is 6.26 Å². The minimum Gasteiger partial charge on any atom is -0.484 e. The number of nitrogens with zero attached hydrogens (tertiary/aromatic N) is 1. The lowest BCUT2D eigenvalue weighted by Crippen LogP contribution is -2.45. The maximum Gasteiger partial charge on any atom is 0.328 e. The number of pyridine rings is 1. The lowest BCUT2D eigenvalue weighted by molar-refractivity contribution is -0.147. The first kappa shape index (κ1) is 22.5. The Morgan fingerprint density at radius 1 is 1.09 bits per heavy atom. The van der Waals surface area contributed by atoms with Crippen molar-refractivity contribution in [2.45, 2.75) is 19.4 Å². The van der Waals surface area contributed by atoms with Crippen LogP contribution in [0.5, 0.6) is 5.75 Å². The molecule has 0 radical (unpaired) electrons. The number of amides is 2. The number of hydrogen-bond donors (Lipinski definition) is 2. The van der Waals surface area contributed by atoms with E-state index in [-0.39, 0.29) is 25.4 Å². The van der Waals surface area contributed by atoms with E-state index in [4.69, 9.17) is 13.9 Å². The Hall–Kier alpha value is -4.14. The molecule has 0 fully saturated rings. The zero-order chi connectivity index (χ0) is 22.8. The van der Waals surface area contributed by atoms with Crippen molar-refractivity contribution >= 4 is 23.5 Å². The van der Waals surface area contributed by atoms with Crippen LogP contribution in [0, 0.1) is 0 Å². The molecule has 9 nitrogen and oxygen atoms in total. The molecule has 0 aliphatic rings. The van der Waals surface area contributed by atoms with Gasteiger partial charge >= 0.3 is 5.97 Å². The Labute approximate surface area is 184 Å². The molecule has 166 valence electrons. The number of benzene rings is 1. The van der Waals surface area contributed by atoms with Crippen LogP contribution in [0.1, 0.15) is 23.0 Å². The normalized spacial score (nSPS) is 11.3. The van der Waals surface area contributed by atoms with Crippen LogP contribution in [0.2, 0.25) is 0 Å². The molecule has 0 saturated carbocycles. The number of anilines is 1. The van der Waals surface area contributed by atoms with Gasteiger partial charge in [0.05, 0.1) is 12.9 Å². The third-order valence-corrected chi connectivity index (χ3v) is 4.30. The minimum absolute atomic E-state index is 0.176. The lowest BCUT2D eigenvalue weighted by atomic mass is 10.1. The first-order chi connectivity index (χ1) is 15.5. The van der Waals surface area contributed by atoms with Crippen molar-refractivity contribution < 1.29 is 28.3 Å². The van der Waals surface area contributed by atoms with E-state index in [1.54, 1.807) is 67.8 Å². The van der Waals surface area contributed by atoms with Gasteiger partial charge in [-0.05, 0) is 48.9 Å². The predicted molar refractivity (Wildman–Crippen MR) is 115 cm³/mol. The van der Waals surface area contributed by atoms with Crippen molar-refractivity contribution in [3.8, 4) is 5.75 Å². The van der Waals surface area contributed by atoms with Crippen LogP contribution in [0.4, 0.5) is 5.69 Å². The second kappa shape index (κ2) is 11.3. The van der Waals surface area contributed by atoms with E-state index in [2.05, 4.69) is 15.6 Å². The summed E-state index contributed by atoms with van der Waals surface area (Å²) in [5.74, 6) is -0.866. The fraction of sp³-hybridized carbons (Fsp3) is 0.217. The van der Waals surface area contributed by atoms with Crippen molar-refractivity contribution in [2.24, 2.45) is 0 Å². The van der Waals surface area contributed by atoms with Gasteiger partial charge in [0.15, 0.2) is 12.4 Å². The summed E-state index contributed by atoms with van der Waals surface area (Å²) in [5.41, 5.74) is 1.31. The maximum atomic E-state index is 12.4. The standard InChI is InChI=1S/C23H23N3O6/c1-2-30-23(29)19(13-16-8-10-24-11-9-16)26-21(27)15-32-18-6-3-5-17(14-18)25-22(28)20-7-4-12-31-20/h3-12,14,19H,2,13,15H2,1H3,(H,25,28)(H,26,27). The Morgan fingerprint density at radius 2 is 1.91 bits per heavy atom. The number of ether oxygens (including phenoxy) is 2. The largest absolute Gasteiger partial charge is 0.484 e. The Morgan fingerprint density at radius 3 is 2.62 bits per heavy atom. The van der Waals surface area contributed by atoms with E-state index in [0.29, 0.717) is 11.4 Å². The van der Waals surface area contributed by atoms with E-state index < -0.39 is 23.8 Å². The van der Waals surface area contributed by atoms with Crippen LogP contribution in [0.15, 0.2) is 71.6 Å². The Bertz CT molecular complexity index is 1040. The van der Waals surface area contributed by atoms with Gasteiger partial charge in [-0.3, -0.25) is 14.6 Å². The second-order valence-electron chi connectivity index (χ2n) is 6.68.